The molecule has 0 aromatic heterocycles. The first-order valence-corrected chi connectivity index (χ1v) is 7.53. The van der Waals surface area contributed by atoms with E-state index in [2.05, 4.69) is 11.2 Å². The molecule has 0 saturated heterocycles. The second kappa shape index (κ2) is 13.2. The van der Waals surface area contributed by atoms with E-state index in [0.29, 0.717) is 6.42 Å². The van der Waals surface area contributed by atoms with Gasteiger partial charge in [0.1, 0.15) is 11.9 Å². The molecule has 0 amide bonds. The third-order valence-electron chi connectivity index (χ3n) is 3.18. The van der Waals surface area contributed by atoms with Crippen LogP contribution in [-0.4, -0.2) is 17.2 Å². The molecule has 0 fully saturated rings. The van der Waals surface area contributed by atoms with Crippen molar-refractivity contribution in [3.63, 3.8) is 0 Å². The van der Waals surface area contributed by atoms with Gasteiger partial charge in [0, 0.05) is 0 Å². The van der Waals surface area contributed by atoms with Crippen LogP contribution < -0.4 is 0 Å². The predicted octanol–water partition coefficient (Wildman–Crippen LogP) is 4.36. The first-order valence-electron chi connectivity index (χ1n) is 7.22. The molecule has 108 valence electrons. The van der Waals surface area contributed by atoms with E-state index in [1.54, 1.807) is 0 Å². The van der Waals surface area contributed by atoms with Gasteiger partial charge < -0.3 is 9.40 Å². The maximum atomic E-state index is 10.8. The van der Waals surface area contributed by atoms with Gasteiger partial charge in [-0.25, -0.2) is 4.79 Å². The molecule has 0 aliphatic carbocycles. The molecule has 3 nitrogen and oxygen atoms in total. The molecular formula is C14H27ClO3. The largest absolute Gasteiger partial charge is 0.381 e. The lowest BCUT2D eigenvalue weighted by molar-refractivity contribution is -0.143. The molecule has 0 bridgehead atoms. The van der Waals surface area contributed by atoms with Crippen LogP contribution in [0.2, 0.25) is 0 Å². The van der Waals surface area contributed by atoms with E-state index in [9.17, 15) is 9.90 Å². The van der Waals surface area contributed by atoms with Gasteiger partial charge >= 0.3 is 5.97 Å². The topological polar surface area (TPSA) is 46.5 Å². The Morgan fingerprint density at radius 2 is 1.44 bits per heavy atom. The number of halogens is 1. The van der Waals surface area contributed by atoms with Crippen molar-refractivity contribution >= 4 is 17.8 Å². The maximum absolute atomic E-state index is 10.8. The lowest BCUT2D eigenvalue weighted by Gasteiger charge is -2.06. The molecule has 1 N–H and O–H groups in total. The summed E-state index contributed by atoms with van der Waals surface area (Å²) in [6.07, 6.45) is 11.7. The zero-order chi connectivity index (χ0) is 13.6. The molecule has 0 aromatic rings. The smallest absolute Gasteiger partial charge is 0.353 e. The van der Waals surface area contributed by atoms with E-state index in [1.807, 2.05) is 0 Å². The Morgan fingerprint density at radius 1 is 1.00 bits per heavy atom. The van der Waals surface area contributed by atoms with E-state index in [1.165, 1.54) is 51.4 Å². The Kier molecular flexibility index (Phi) is 13.0. The van der Waals surface area contributed by atoms with Crippen LogP contribution in [0, 0.1) is 0 Å². The van der Waals surface area contributed by atoms with Gasteiger partial charge in [0.05, 0.1) is 0 Å². The van der Waals surface area contributed by atoms with Crippen LogP contribution in [0.1, 0.15) is 77.6 Å². The number of aliphatic hydroxyl groups excluding tert-OH is 1. The van der Waals surface area contributed by atoms with Crippen LogP contribution in [0.5, 0.6) is 0 Å². The summed E-state index contributed by atoms with van der Waals surface area (Å²) in [5.74, 6) is -0.743. The van der Waals surface area contributed by atoms with E-state index in [4.69, 9.17) is 11.9 Å². The van der Waals surface area contributed by atoms with Crippen molar-refractivity contribution in [3.05, 3.63) is 0 Å². The molecule has 1 atom stereocenters. The zero-order valence-corrected chi connectivity index (χ0v) is 12.3. The number of hydrogen-bond acceptors (Lipinski definition) is 3. The summed E-state index contributed by atoms with van der Waals surface area (Å²) in [6.45, 7) is 2.23. The van der Waals surface area contributed by atoms with Gasteiger partial charge in [0.2, 0.25) is 0 Å². The number of aliphatic hydroxyl groups is 1. The Bertz CT molecular complexity index is 197. The average molecular weight is 279 g/mol. The third-order valence-corrected chi connectivity index (χ3v) is 3.33. The normalized spacial score (nSPS) is 12.4. The molecule has 0 spiro atoms. The first kappa shape index (κ1) is 17.7. The molecule has 0 aromatic carbocycles. The number of carbonyl (C=O) groups is 1. The highest BCUT2D eigenvalue weighted by Gasteiger charge is 2.15. The number of rotatable bonds is 12. The number of carbonyl (C=O) groups excluding carboxylic acids is 1. The quantitative estimate of drug-likeness (QED) is 0.540. The third kappa shape index (κ3) is 10.8. The van der Waals surface area contributed by atoms with Crippen LogP contribution in [-0.2, 0) is 9.08 Å². The van der Waals surface area contributed by atoms with Crippen LogP contribution in [0.15, 0.2) is 0 Å². The Balaban J connectivity index is 3.14. The molecule has 0 aliphatic rings. The lowest BCUT2D eigenvalue weighted by atomic mass is 10.0. The molecule has 0 saturated carbocycles. The SMILES string of the molecule is CCCCCCCCCCCCC(O)C(=O)OCl. The predicted molar refractivity (Wildman–Crippen MR) is 74.4 cm³/mol. The van der Waals surface area contributed by atoms with Crippen LogP contribution in [0.25, 0.3) is 0 Å². The van der Waals surface area contributed by atoms with Gasteiger partial charge in [0.25, 0.3) is 0 Å². The summed E-state index contributed by atoms with van der Waals surface area (Å²) in [5, 5.41) is 9.28. The second-order valence-corrected chi connectivity index (χ2v) is 5.04. The first-order chi connectivity index (χ1) is 8.72. The summed E-state index contributed by atoms with van der Waals surface area (Å²) in [6, 6.07) is 0. The fraction of sp³-hybridized carbons (Fsp3) is 0.929. The van der Waals surface area contributed by atoms with E-state index >= 15 is 0 Å². The second-order valence-electron chi connectivity index (χ2n) is 4.88. The standard InChI is InChI=1S/C14H27ClO3/c1-2-3-4-5-6-7-8-9-10-11-12-13(16)14(17)18-15/h13,16H,2-12H2,1H3. The monoisotopic (exact) mass is 278 g/mol. The fourth-order valence-corrected chi connectivity index (χ4v) is 2.10. The van der Waals surface area contributed by atoms with Gasteiger partial charge in [-0.2, -0.15) is 0 Å². The Morgan fingerprint density at radius 3 is 1.89 bits per heavy atom. The average Bonchev–Trinajstić information content (AvgIpc) is 2.39. The van der Waals surface area contributed by atoms with Crippen molar-refractivity contribution < 1.29 is 14.2 Å². The zero-order valence-electron chi connectivity index (χ0n) is 11.5. The summed E-state index contributed by atoms with van der Waals surface area (Å²) in [7, 11) is 0. The Hall–Kier alpha value is -0.280. The Labute approximate surface area is 116 Å². The molecule has 0 rings (SSSR count). The lowest BCUT2D eigenvalue weighted by Crippen LogP contribution is -2.19. The molecule has 0 heterocycles. The molecule has 0 aliphatic heterocycles. The fourth-order valence-electron chi connectivity index (χ4n) is 1.99. The van der Waals surface area contributed by atoms with Gasteiger partial charge in [-0.15, -0.1) is 0 Å². The minimum Gasteiger partial charge on any atom is -0.381 e. The van der Waals surface area contributed by atoms with Crippen LogP contribution >= 0.6 is 11.9 Å². The minimum atomic E-state index is -1.06. The summed E-state index contributed by atoms with van der Waals surface area (Å²) in [5.41, 5.74) is 0. The van der Waals surface area contributed by atoms with Gasteiger partial charge in [-0.1, -0.05) is 71.1 Å². The van der Waals surface area contributed by atoms with Crippen molar-refractivity contribution in [3.8, 4) is 0 Å². The summed E-state index contributed by atoms with van der Waals surface area (Å²) in [4.78, 5) is 10.8. The minimum absolute atomic E-state index is 0.446. The molecule has 1 unspecified atom stereocenters. The van der Waals surface area contributed by atoms with Crippen molar-refractivity contribution in [1.82, 2.24) is 0 Å². The van der Waals surface area contributed by atoms with Crippen LogP contribution in [0.3, 0.4) is 0 Å². The highest BCUT2D eigenvalue weighted by Crippen LogP contribution is 2.12. The summed E-state index contributed by atoms with van der Waals surface area (Å²) < 4.78 is 3.94. The van der Waals surface area contributed by atoms with E-state index < -0.39 is 12.1 Å². The van der Waals surface area contributed by atoms with Gasteiger partial charge in [-0.05, 0) is 6.42 Å². The van der Waals surface area contributed by atoms with Crippen molar-refractivity contribution in [2.75, 3.05) is 0 Å². The molecule has 4 heteroatoms. The highest BCUT2D eigenvalue weighted by atomic mass is 35.5. The molecule has 0 radical (unpaired) electrons. The number of unbranched alkanes of at least 4 members (excludes halogenated alkanes) is 9. The summed E-state index contributed by atoms with van der Waals surface area (Å²) >= 11 is 4.87. The highest BCUT2D eigenvalue weighted by molar-refractivity contribution is 6.13. The van der Waals surface area contributed by atoms with Crippen molar-refractivity contribution in [2.24, 2.45) is 0 Å². The maximum Gasteiger partial charge on any atom is 0.353 e. The molecular weight excluding hydrogens is 252 g/mol. The van der Waals surface area contributed by atoms with Gasteiger partial charge in [0.15, 0.2) is 6.10 Å². The van der Waals surface area contributed by atoms with E-state index in [-0.39, 0.29) is 0 Å². The number of hydrogen-bond donors (Lipinski definition) is 1. The van der Waals surface area contributed by atoms with Crippen LogP contribution in [0.4, 0.5) is 0 Å². The van der Waals surface area contributed by atoms with Crippen molar-refractivity contribution in [1.29, 1.82) is 0 Å². The van der Waals surface area contributed by atoms with E-state index in [0.717, 1.165) is 12.8 Å². The van der Waals surface area contributed by atoms with Crippen molar-refractivity contribution in [2.45, 2.75) is 83.7 Å². The van der Waals surface area contributed by atoms with Gasteiger partial charge in [-0.3, -0.25) is 0 Å². The molecule has 18 heavy (non-hydrogen) atoms.